The summed E-state index contributed by atoms with van der Waals surface area (Å²) in [7, 11) is 1.49. The van der Waals surface area contributed by atoms with Crippen molar-refractivity contribution >= 4 is 24.2 Å². The van der Waals surface area contributed by atoms with Gasteiger partial charge in [-0.3, -0.25) is 9.59 Å². The monoisotopic (exact) mass is 265 g/mol. The summed E-state index contributed by atoms with van der Waals surface area (Å²) in [6, 6.07) is -1.09. The Labute approximate surface area is 107 Å². The van der Waals surface area contributed by atoms with E-state index in [4.69, 9.17) is 10.5 Å². The maximum absolute atomic E-state index is 11.9. The summed E-state index contributed by atoms with van der Waals surface area (Å²) < 4.78 is 4.84. The molecule has 17 heavy (non-hydrogen) atoms. The summed E-state index contributed by atoms with van der Waals surface area (Å²) in [5.41, 5.74) is 5.67. The number of nitrogens with one attached hydrogen (secondary N) is 1. The highest BCUT2D eigenvalue weighted by Crippen LogP contribution is 2.09. The number of carbonyl (C=O) groups is 2. The molecule has 0 aliphatic carbocycles. The lowest BCUT2D eigenvalue weighted by Crippen LogP contribution is -2.60. The maximum Gasteiger partial charge on any atom is 0.242 e. The van der Waals surface area contributed by atoms with E-state index in [1.807, 2.05) is 6.92 Å². The van der Waals surface area contributed by atoms with Gasteiger partial charge in [0.15, 0.2) is 0 Å². The zero-order valence-electron chi connectivity index (χ0n) is 10.1. The molecule has 0 bridgehead atoms. The lowest BCUT2D eigenvalue weighted by Gasteiger charge is -2.35. The molecule has 1 fully saturated rings. The minimum absolute atomic E-state index is 0. The number of carbonyl (C=O) groups excluding carboxylic acids is 2. The topological polar surface area (TPSA) is 84.7 Å². The molecule has 7 heteroatoms. The Balaban J connectivity index is 0.00000256. The minimum Gasteiger partial charge on any atom is -0.383 e. The van der Waals surface area contributed by atoms with Crippen LogP contribution >= 0.6 is 12.4 Å². The number of halogens is 1. The Morgan fingerprint density at radius 1 is 1.71 bits per heavy atom. The van der Waals surface area contributed by atoms with Gasteiger partial charge in [-0.15, -0.1) is 12.4 Å². The second kappa shape index (κ2) is 7.47. The molecular weight excluding hydrogens is 246 g/mol. The quantitative estimate of drug-likeness (QED) is 0.691. The van der Waals surface area contributed by atoms with Crippen molar-refractivity contribution in [1.82, 2.24) is 10.2 Å². The predicted molar refractivity (Wildman–Crippen MR) is 65.9 cm³/mol. The lowest BCUT2D eigenvalue weighted by atomic mass is 10.1. The van der Waals surface area contributed by atoms with Gasteiger partial charge < -0.3 is 20.7 Å². The summed E-state index contributed by atoms with van der Waals surface area (Å²) in [6.07, 6.45) is 0.595. The van der Waals surface area contributed by atoms with Crippen LogP contribution in [0.25, 0.3) is 0 Å². The van der Waals surface area contributed by atoms with E-state index in [2.05, 4.69) is 5.32 Å². The minimum atomic E-state index is -0.690. The molecule has 3 N–H and O–H groups in total. The van der Waals surface area contributed by atoms with E-state index in [9.17, 15) is 9.59 Å². The van der Waals surface area contributed by atoms with Gasteiger partial charge >= 0.3 is 0 Å². The number of amides is 2. The molecule has 1 saturated heterocycles. The smallest absolute Gasteiger partial charge is 0.242 e. The highest BCUT2D eigenvalue weighted by Gasteiger charge is 2.33. The normalized spacial score (nSPS) is 21.5. The van der Waals surface area contributed by atoms with Crippen LogP contribution in [-0.4, -0.2) is 55.6 Å². The first kappa shape index (κ1) is 16.1. The van der Waals surface area contributed by atoms with Gasteiger partial charge in [-0.2, -0.15) is 0 Å². The lowest BCUT2D eigenvalue weighted by molar-refractivity contribution is -0.145. The number of nitrogens with two attached hydrogens (primary N) is 1. The van der Waals surface area contributed by atoms with Crippen LogP contribution in [0.3, 0.4) is 0 Å². The number of methoxy groups -OCH3 is 1. The summed E-state index contributed by atoms with van der Waals surface area (Å²) >= 11 is 0. The molecule has 1 rings (SSSR count). The van der Waals surface area contributed by atoms with Gasteiger partial charge in [-0.1, -0.05) is 6.92 Å². The van der Waals surface area contributed by atoms with Crippen LogP contribution in [-0.2, 0) is 14.3 Å². The fourth-order valence-corrected chi connectivity index (χ4v) is 1.85. The van der Waals surface area contributed by atoms with E-state index < -0.39 is 12.1 Å². The molecule has 2 atom stereocenters. The first-order valence-corrected chi connectivity index (χ1v) is 5.44. The fourth-order valence-electron chi connectivity index (χ4n) is 1.85. The average molecular weight is 266 g/mol. The second-order valence-electron chi connectivity index (χ2n) is 3.81. The molecule has 2 amide bonds. The predicted octanol–water partition coefficient (Wildman–Crippen LogP) is -0.881. The second-order valence-corrected chi connectivity index (χ2v) is 3.81. The summed E-state index contributed by atoms with van der Waals surface area (Å²) in [4.78, 5) is 25.0. The van der Waals surface area contributed by atoms with Crippen molar-refractivity contribution in [3.63, 3.8) is 0 Å². The third-order valence-corrected chi connectivity index (χ3v) is 2.66. The summed E-state index contributed by atoms with van der Waals surface area (Å²) in [5.74, 6) is -0.324. The average Bonchev–Trinajstić information content (AvgIpc) is 2.28. The highest BCUT2D eigenvalue weighted by molar-refractivity contribution is 5.90. The number of hydrogen-bond acceptors (Lipinski definition) is 4. The summed E-state index contributed by atoms with van der Waals surface area (Å²) in [5, 5.41) is 2.73. The van der Waals surface area contributed by atoms with Crippen LogP contribution in [0.5, 0.6) is 0 Å². The van der Waals surface area contributed by atoms with Crippen molar-refractivity contribution in [2.75, 3.05) is 26.8 Å². The van der Waals surface area contributed by atoms with Crippen LogP contribution in [0.15, 0.2) is 0 Å². The van der Waals surface area contributed by atoms with Crippen molar-refractivity contribution in [3.8, 4) is 0 Å². The van der Waals surface area contributed by atoms with Crippen molar-refractivity contribution in [2.24, 2.45) is 5.73 Å². The molecule has 0 aromatic carbocycles. The first-order valence-electron chi connectivity index (χ1n) is 5.44. The van der Waals surface area contributed by atoms with E-state index in [-0.39, 0.29) is 30.8 Å². The first-order chi connectivity index (χ1) is 7.61. The Morgan fingerprint density at radius 3 is 2.88 bits per heavy atom. The van der Waals surface area contributed by atoms with Gasteiger partial charge in [0.1, 0.15) is 12.1 Å². The van der Waals surface area contributed by atoms with Gasteiger partial charge in [0.2, 0.25) is 11.8 Å². The van der Waals surface area contributed by atoms with Gasteiger partial charge in [0.25, 0.3) is 0 Å². The Kier molecular flexibility index (Phi) is 7.10. The molecule has 1 heterocycles. The number of rotatable bonds is 4. The van der Waals surface area contributed by atoms with Crippen molar-refractivity contribution < 1.29 is 14.3 Å². The van der Waals surface area contributed by atoms with Crippen LogP contribution in [0.1, 0.15) is 13.3 Å². The molecule has 0 radical (unpaired) electrons. The maximum atomic E-state index is 11.9. The van der Waals surface area contributed by atoms with Crippen LogP contribution in [0.2, 0.25) is 0 Å². The molecule has 6 nitrogen and oxygen atoms in total. The highest BCUT2D eigenvalue weighted by atomic mass is 35.5. The number of hydrogen-bond donors (Lipinski definition) is 2. The Hall–Kier alpha value is -0.850. The molecule has 0 aromatic heterocycles. The van der Waals surface area contributed by atoms with Crippen LogP contribution in [0.4, 0.5) is 0 Å². The SMILES string of the molecule is CCC1C(=O)NCCN1C(=O)C(N)COC.Cl. The van der Waals surface area contributed by atoms with Gasteiger partial charge in [-0.05, 0) is 6.42 Å². The van der Waals surface area contributed by atoms with E-state index >= 15 is 0 Å². The number of nitrogens with zero attached hydrogens (tertiary/aromatic N) is 1. The zero-order chi connectivity index (χ0) is 12.1. The Bertz CT molecular complexity index is 276. The third kappa shape index (κ3) is 3.83. The third-order valence-electron chi connectivity index (χ3n) is 2.66. The molecule has 2 unspecified atom stereocenters. The standard InChI is InChI=1S/C10H19N3O3.ClH/c1-3-8-9(14)12-4-5-13(8)10(15)7(11)6-16-2;/h7-8H,3-6,11H2,1-2H3,(H,12,14);1H. The van der Waals surface area contributed by atoms with Crippen molar-refractivity contribution in [2.45, 2.75) is 25.4 Å². The molecule has 1 aliphatic rings. The zero-order valence-corrected chi connectivity index (χ0v) is 11.0. The van der Waals surface area contributed by atoms with Crippen LogP contribution < -0.4 is 11.1 Å². The van der Waals surface area contributed by atoms with Crippen molar-refractivity contribution in [3.05, 3.63) is 0 Å². The molecular formula is C10H20ClN3O3. The van der Waals surface area contributed by atoms with Gasteiger partial charge in [0, 0.05) is 20.2 Å². The molecule has 0 saturated carbocycles. The fraction of sp³-hybridized carbons (Fsp3) is 0.800. The number of piperazine rings is 1. The summed E-state index contributed by atoms with van der Waals surface area (Å²) in [6.45, 7) is 3.05. The van der Waals surface area contributed by atoms with E-state index in [1.165, 1.54) is 7.11 Å². The van der Waals surface area contributed by atoms with Crippen molar-refractivity contribution in [1.29, 1.82) is 0 Å². The van der Waals surface area contributed by atoms with E-state index in [0.29, 0.717) is 19.5 Å². The van der Waals surface area contributed by atoms with E-state index in [1.54, 1.807) is 4.90 Å². The largest absolute Gasteiger partial charge is 0.383 e. The Morgan fingerprint density at radius 2 is 2.35 bits per heavy atom. The van der Waals surface area contributed by atoms with Crippen LogP contribution in [0, 0.1) is 0 Å². The van der Waals surface area contributed by atoms with Gasteiger partial charge in [-0.25, -0.2) is 0 Å². The number of ether oxygens (including phenoxy) is 1. The van der Waals surface area contributed by atoms with E-state index in [0.717, 1.165) is 0 Å². The molecule has 0 spiro atoms. The molecule has 1 aliphatic heterocycles. The van der Waals surface area contributed by atoms with Gasteiger partial charge in [0.05, 0.1) is 6.61 Å². The molecule has 100 valence electrons. The molecule has 0 aromatic rings.